The summed E-state index contributed by atoms with van der Waals surface area (Å²) in [6.07, 6.45) is -4.05. The second kappa shape index (κ2) is 8.03. The lowest BCUT2D eigenvalue weighted by molar-refractivity contribution is -0.186. The molecule has 8 heteroatoms. The molecule has 0 aliphatic carbocycles. The van der Waals surface area contributed by atoms with Crippen molar-refractivity contribution in [2.75, 3.05) is 19.7 Å². The molecule has 0 spiro atoms. The van der Waals surface area contributed by atoms with Gasteiger partial charge in [0, 0.05) is 19.1 Å². The van der Waals surface area contributed by atoms with Gasteiger partial charge in [-0.15, -0.1) is 0 Å². The standard InChI is InChI=1S/C16H19F3N2O3/c17-16(18,19)15(23)21-9-6-12(7-10-21)20-14(22)8-11-24-13-4-2-1-3-5-13/h1-5,12H,6-11H2,(H,20,22). The monoisotopic (exact) mass is 344 g/mol. The van der Waals surface area contributed by atoms with Crippen molar-refractivity contribution in [3.05, 3.63) is 30.3 Å². The van der Waals surface area contributed by atoms with E-state index in [9.17, 15) is 22.8 Å². The lowest BCUT2D eigenvalue weighted by Gasteiger charge is -2.32. The molecule has 0 bridgehead atoms. The van der Waals surface area contributed by atoms with Crippen LogP contribution in [0.25, 0.3) is 0 Å². The number of likely N-dealkylation sites (tertiary alicyclic amines) is 1. The number of nitrogens with one attached hydrogen (secondary N) is 1. The lowest BCUT2D eigenvalue weighted by atomic mass is 10.0. The molecule has 0 radical (unpaired) electrons. The summed E-state index contributed by atoms with van der Waals surface area (Å²) in [4.78, 5) is 23.7. The minimum atomic E-state index is -4.84. The molecule has 1 aliphatic rings. The summed E-state index contributed by atoms with van der Waals surface area (Å²) in [7, 11) is 0. The number of halogens is 3. The third-order valence-corrected chi connectivity index (χ3v) is 3.73. The Morgan fingerprint density at radius 2 is 1.79 bits per heavy atom. The first kappa shape index (κ1) is 18.1. The van der Waals surface area contributed by atoms with E-state index in [0.717, 1.165) is 4.90 Å². The van der Waals surface area contributed by atoms with Gasteiger partial charge in [-0.05, 0) is 25.0 Å². The van der Waals surface area contributed by atoms with Gasteiger partial charge in [-0.25, -0.2) is 0 Å². The lowest BCUT2D eigenvalue weighted by Crippen LogP contribution is -2.50. The maximum atomic E-state index is 12.3. The van der Waals surface area contributed by atoms with Crippen molar-refractivity contribution >= 4 is 11.8 Å². The second-order valence-corrected chi connectivity index (χ2v) is 5.54. The van der Waals surface area contributed by atoms with Crippen LogP contribution in [0.4, 0.5) is 13.2 Å². The molecular formula is C16H19F3N2O3. The zero-order valence-corrected chi connectivity index (χ0v) is 13.0. The number of piperidine rings is 1. The number of nitrogens with zero attached hydrogens (tertiary/aromatic N) is 1. The number of hydrogen-bond donors (Lipinski definition) is 1. The molecule has 1 N–H and O–H groups in total. The van der Waals surface area contributed by atoms with Crippen LogP contribution in [0.1, 0.15) is 19.3 Å². The van der Waals surface area contributed by atoms with Crippen LogP contribution in [0.15, 0.2) is 30.3 Å². The summed E-state index contributed by atoms with van der Waals surface area (Å²) in [5.41, 5.74) is 0. The number of hydrogen-bond acceptors (Lipinski definition) is 3. The Morgan fingerprint density at radius 1 is 1.17 bits per heavy atom. The molecule has 1 fully saturated rings. The van der Waals surface area contributed by atoms with Gasteiger partial charge in [0.15, 0.2) is 0 Å². The number of carbonyl (C=O) groups excluding carboxylic acids is 2. The number of benzene rings is 1. The van der Waals surface area contributed by atoms with Gasteiger partial charge in [-0.3, -0.25) is 9.59 Å². The van der Waals surface area contributed by atoms with Crippen molar-refractivity contribution in [2.24, 2.45) is 0 Å². The van der Waals surface area contributed by atoms with E-state index in [-0.39, 0.29) is 38.1 Å². The van der Waals surface area contributed by atoms with E-state index >= 15 is 0 Å². The van der Waals surface area contributed by atoms with Gasteiger partial charge in [-0.1, -0.05) is 18.2 Å². The van der Waals surface area contributed by atoms with Crippen LogP contribution in [0.5, 0.6) is 5.75 Å². The number of carbonyl (C=O) groups is 2. The maximum Gasteiger partial charge on any atom is 0.471 e. The normalized spacial score (nSPS) is 15.9. The first-order valence-electron chi connectivity index (χ1n) is 7.69. The van der Waals surface area contributed by atoms with Crippen LogP contribution in [-0.4, -0.2) is 48.6 Å². The van der Waals surface area contributed by atoms with Crippen LogP contribution in [-0.2, 0) is 9.59 Å². The van der Waals surface area contributed by atoms with E-state index in [1.165, 1.54) is 0 Å². The summed E-state index contributed by atoms with van der Waals surface area (Å²) in [6, 6.07) is 8.86. The number of alkyl halides is 3. The van der Waals surface area contributed by atoms with Crippen molar-refractivity contribution in [3.8, 4) is 5.75 Å². The fourth-order valence-corrected chi connectivity index (χ4v) is 2.48. The Kier molecular flexibility index (Phi) is 6.05. The fraction of sp³-hybridized carbons (Fsp3) is 0.500. The van der Waals surface area contributed by atoms with Crippen molar-refractivity contribution in [1.82, 2.24) is 10.2 Å². The van der Waals surface area contributed by atoms with Crippen molar-refractivity contribution in [3.63, 3.8) is 0 Å². The molecule has 5 nitrogen and oxygen atoms in total. The third kappa shape index (κ3) is 5.43. The molecule has 2 amide bonds. The molecule has 1 heterocycles. The largest absolute Gasteiger partial charge is 0.493 e. The van der Waals surface area contributed by atoms with Crippen LogP contribution in [0.3, 0.4) is 0 Å². The summed E-state index contributed by atoms with van der Waals surface area (Å²) < 4.78 is 42.4. The topological polar surface area (TPSA) is 58.6 Å². The highest BCUT2D eigenvalue weighted by molar-refractivity contribution is 5.82. The molecule has 0 atom stereocenters. The SMILES string of the molecule is O=C(CCOc1ccccc1)NC1CCN(C(=O)C(F)(F)F)CC1. The Hall–Kier alpha value is -2.25. The van der Waals surface area contributed by atoms with E-state index in [4.69, 9.17) is 4.74 Å². The molecular weight excluding hydrogens is 325 g/mol. The van der Waals surface area contributed by atoms with Gasteiger partial charge < -0.3 is 15.0 Å². The highest BCUT2D eigenvalue weighted by atomic mass is 19.4. The predicted molar refractivity (Wildman–Crippen MR) is 80.4 cm³/mol. The zero-order valence-electron chi connectivity index (χ0n) is 13.0. The Balaban J connectivity index is 1.66. The van der Waals surface area contributed by atoms with E-state index in [1.54, 1.807) is 12.1 Å². The van der Waals surface area contributed by atoms with Gasteiger partial charge in [0.1, 0.15) is 5.75 Å². The molecule has 1 saturated heterocycles. The molecule has 1 aliphatic heterocycles. The smallest absolute Gasteiger partial charge is 0.471 e. The molecule has 0 aromatic heterocycles. The highest BCUT2D eigenvalue weighted by Crippen LogP contribution is 2.21. The second-order valence-electron chi connectivity index (χ2n) is 5.54. The molecule has 0 saturated carbocycles. The minimum absolute atomic E-state index is 0.0101. The third-order valence-electron chi connectivity index (χ3n) is 3.73. The van der Waals surface area contributed by atoms with E-state index in [0.29, 0.717) is 18.6 Å². The molecule has 1 aromatic carbocycles. The number of rotatable bonds is 5. The van der Waals surface area contributed by atoms with Crippen LogP contribution < -0.4 is 10.1 Å². The van der Waals surface area contributed by atoms with Crippen LogP contribution in [0.2, 0.25) is 0 Å². The van der Waals surface area contributed by atoms with Crippen molar-refractivity contribution in [2.45, 2.75) is 31.5 Å². The molecule has 1 aromatic rings. The Bertz CT molecular complexity index is 555. The Labute approximate surface area is 137 Å². The quantitative estimate of drug-likeness (QED) is 0.890. The van der Waals surface area contributed by atoms with Crippen molar-refractivity contribution < 1.29 is 27.5 Å². The van der Waals surface area contributed by atoms with Gasteiger partial charge in [0.2, 0.25) is 5.91 Å². The number of ether oxygens (including phenoxy) is 1. The summed E-state index contributed by atoms with van der Waals surface area (Å²) in [5, 5.41) is 2.77. The van der Waals surface area contributed by atoms with Gasteiger partial charge in [0.25, 0.3) is 0 Å². The van der Waals surface area contributed by atoms with E-state index in [2.05, 4.69) is 5.32 Å². The van der Waals surface area contributed by atoms with Crippen LogP contribution in [0, 0.1) is 0 Å². The molecule has 2 rings (SSSR count). The summed E-state index contributed by atoms with van der Waals surface area (Å²) in [6.45, 7) is 0.203. The van der Waals surface area contributed by atoms with Gasteiger partial charge in [-0.2, -0.15) is 13.2 Å². The molecule has 24 heavy (non-hydrogen) atoms. The van der Waals surface area contributed by atoms with Crippen molar-refractivity contribution in [1.29, 1.82) is 0 Å². The highest BCUT2D eigenvalue weighted by Gasteiger charge is 2.43. The maximum absolute atomic E-state index is 12.3. The predicted octanol–water partition coefficient (Wildman–Crippen LogP) is 2.12. The zero-order chi connectivity index (χ0) is 17.6. The average Bonchev–Trinajstić information content (AvgIpc) is 2.55. The molecule has 0 unspecified atom stereocenters. The first-order chi connectivity index (χ1) is 11.4. The van der Waals surface area contributed by atoms with Gasteiger partial charge >= 0.3 is 12.1 Å². The fourth-order valence-electron chi connectivity index (χ4n) is 2.48. The van der Waals surface area contributed by atoms with E-state index < -0.39 is 12.1 Å². The van der Waals surface area contributed by atoms with E-state index in [1.807, 2.05) is 18.2 Å². The average molecular weight is 344 g/mol. The summed E-state index contributed by atoms with van der Waals surface area (Å²) in [5.74, 6) is -1.36. The molecule has 132 valence electrons. The van der Waals surface area contributed by atoms with Crippen LogP contribution >= 0.6 is 0 Å². The minimum Gasteiger partial charge on any atom is -0.493 e. The van der Waals surface area contributed by atoms with Gasteiger partial charge in [0.05, 0.1) is 13.0 Å². The Morgan fingerprint density at radius 3 is 2.38 bits per heavy atom. The summed E-state index contributed by atoms with van der Waals surface area (Å²) >= 11 is 0. The number of para-hydroxylation sites is 1. The number of amides is 2. The first-order valence-corrected chi connectivity index (χ1v) is 7.69.